The average molecular weight is 200 g/mol. The molecule has 0 saturated carbocycles. The summed E-state index contributed by atoms with van der Waals surface area (Å²) in [5, 5.41) is 11.2. The van der Waals surface area contributed by atoms with E-state index in [9.17, 15) is 9.59 Å². The van der Waals surface area contributed by atoms with E-state index in [1.54, 1.807) is 0 Å². The summed E-state index contributed by atoms with van der Waals surface area (Å²) in [4.78, 5) is 23.4. The van der Waals surface area contributed by atoms with Gasteiger partial charge in [-0.25, -0.2) is 0 Å². The van der Waals surface area contributed by atoms with E-state index in [0.717, 1.165) is 19.5 Å². The molecule has 1 amide bonds. The molecule has 1 fully saturated rings. The van der Waals surface area contributed by atoms with E-state index in [-0.39, 0.29) is 12.3 Å². The van der Waals surface area contributed by atoms with E-state index in [0.29, 0.717) is 19.5 Å². The molecule has 80 valence electrons. The van der Waals surface area contributed by atoms with E-state index >= 15 is 0 Å². The third-order valence-corrected chi connectivity index (χ3v) is 2.21. The molecule has 0 atom stereocenters. The summed E-state index contributed by atoms with van der Waals surface area (Å²) in [7, 11) is 0. The highest BCUT2D eigenvalue weighted by Gasteiger charge is 2.13. The van der Waals surface area contributed by atoms with Crippen LogP contribution in [0.2, 0.25) is 0 Å². The van der Waals surface area contributed by atoms with Crippen LogP contribution in [0.5, 0.6) is 0 Å². The Morgan fingerprint density at radius 2 is 2.36 bits per heavy atom. The molecule has 0 aromatic carbocycles. The van der Waals surface area contributed by atoms with E-state index in [4.69, 9.17) is 5.11 Å². The maximum Gasteiger partial charge on any atom is 0.303 e. The smallest absolute Gasteiger partial charge is 0.303 e. The van der Waals surface area contributed by atoms with Crippen LogP contribution in [0.1, 0.15) is 19.3 Å². The van der Waals surface area contributed by atoms with E-state index in [1.807, 2.05) is 4.90 Å². The Labute approximate surface area is 83.1 Å². The third-order valence-electron chi connectivity index (χ3n) is 2.21. The molecular formula is C9H16N2O3. The maximum absolute atomic E-state index is 11.1. The van der Waals surface area contributed by atoms with Crippen molar-refractivity contribution >= 4 is 11.9 Å². The van der Waals surface area contributed by atoms with Crippen molar-refractivity contribution in [1.29, 1.82) is 0 Å². The average Bonchev–Trinajstić information content (AvgIpc) is 2.29. The van der Waals surface area contributed by atoms with Gasteiger partial charge in [0.05, 0.1) is 6.54 Å². The Balaban J connectivity index is 2.21. The molecule has 5 nitrogen and oxygen atoms in total. The first kappa shape index (κ1) is 11.0. The first-order chi connectivity index (χ1) is 6.68. The third kappa shape index (κ3) is 4.23. The minimum atomic E-state index is -0.774. The van der Waals surface area contributed by atoms with Crippen molar-refractivity contribution in [2.75, 3.05) is 26.2 Å². The molecule has 14 heavy (non-hydrogen) atoms. The normalized spacial score (nSPS) is 18.7. The van der Waals surface area contributed by atoms with Crippen molar-refractivity contribution in [1.82, 2.24) is 10.2 Å². The molecule has 5 heteroatoms. The number of hydrogen-bond donors (Lipinski definition) is 2. The summed E-state index contributed by atoms with van der Waals surface area (Å²) in [6.45, 7) is 2.70. The molecule has 0 spiro atoms. The quantitative estimate of drug-likeness (QED) is 0.652. The predicted octanol–water partition coefficient (Wildman–Crippen LogP) is -0.327. The van der Waals surface area contributed by atoms with Crippen molar-refractivity contribution in [2.24, 2.45) is 0 Å². The van der Waals surface area contributed by atoms with Crippen LogP contribution in [0.25, 0.3) is 0 Å². The molecule has 0 aromatic rings. The number of carboxylic acids is 1. The molecule has 1 aliphatic rings. The van der Waals surface area contributed by atoms with Crippen LogP contribution in [-0.4, -0.2) is 48.1 Å². The summed E-state index contributed by atoms with van der Waals surface area (Å²) in [5.74, 6) is -0.734. The van der Waals surface area contributed by atoms with Gasteiger partial charge in [-0.1, -0.05) is 0 Å². The van der Waals surface area contributed by atoms with Crippen molar-refractivity contribution in [3.63, 3.8) is 0 Å². The number of rotatable bonds is 4. The van der Waals surface area contributed by atoms with Gasteiger partial charge in [0, 0.05) is 19.5 Å². The van der Waals surface area contributed by atoms with Crippen LogP contribution in [0.4, 0.5) is 0 Å². The molecule has 1 rings (SSSR count). The van der Waals surface area contributed by atoms with Gasteiger partial charge < -0.3 is 10.4 Å². The number of hydrogen-bond acceptors (Lipinski definition) is 3. The van der Waals surface area contributed by atoms with Gasteiger partial charge in [0.25, 0.3) is 0 Å². The summed E-state index contributed by atoms with van der Waals surface area (Å²) in [6, 6.07) is 0. The lowest BCUT2D eigenvalue weighted by atomic mass is 10.3. The van der Waals surface area contributed by atoms with Gasteiger partial charge in [-0.3, -0.25) is 14.5 Å². The standard InChI is InChI=1S/C9H16N2O3/c12-8-7-11(6-2-4-10-8)5-1-3-9(13)14/h1-7H2,(H,10,12)(H,13,14). The molecule has 1 heterocycles. The molecule has 1 saturated heterocycles. The maximum atomic E-state index is 11.1. The van der Waals surface area contributed by atoms with Gasteiger partial charge in [-0.05, 0) is 19.4 Å². The van der Waals surface area contributed by atoms with Crippen molar-refractivity contribution in [3.05, 3.63) is 0 Å². The molecule has 0 bridgehead atoms. The fourth-order valence-corrected chi connectivity index (χ4v) is 1.51. The van der Waals surface area contributed by atoms with E-state index in [1.165, 1.54) is 0 Å². The van der Waals surface area contributed by atoms with Crippen LogP contribution >= 0.6 is 0 Å². The number of nitrogens with zero attached hydrogens (tertiary/aromatic N) is 1. The highest BCUT2D eigenvalue weighted by Crippen LogP contribution is 1.99. The lowest BCUT2D eigenvalue weighted by Gasteiger charge is -2.17. The molecule has 1 aliphatic heterocycles. The van der Waals surface area contributed by atoms with E-state index in [2.05, 4.69) is 5.32 Å². The number of carbonyl (C=O) groups excluding carboxylic acids is 1. The summed E-state index contributed by atoms with van der Waals surface area (Å²) < 4.78 is 0. The van der Waals surface area contributed by atoms with E-state index < -0.39 is 5.97 Å². The van der Waals surface area contributed by atoms with Gasteiger partial charge >= 0.3 is 5.97 Å². The Morgan fingerprint density at radius 3 is 3.07 bits per heavy atom. The number of aliphatic carboxylic acids is 1. The second-order valence-corrected chi connectivity index (χ2v) is 3.48. The number of carboxylic acid groups (broad SMARTS) is 1. The lowest BCUT2D eigenvalue weighted by Crippen LogP contribution is -2.33. The molecule has 0 aliphatic carbocycles. The number of nitrogens with one attached hydrogen (secondary N) is 1. The van der Waals surface area contributed by atoms with Crippen LogP contribution in [0, 0.1) is 0 Å². The molecule has 0 radical (unpaired) electrons. The Kier molecular flexibility index (Phi) is 4.39. The van der Waals surface area contributed by atoms with Crippen LogP contribution in [0.3, 0.4) is 0 Å². The first-order valence-electron chi connectivity index (χ1n) is 4.89. The Morgan fingerprint density at radius 1 is 1.57 bits per heavy atom. The fourth-order valence-electron chi connectivity index (χ4n) is 1.51. The minimum Gasteiger partial charge on any atom is -0.481 e. The predicted molar refractivity (Wildman–Crippen MR) is 50.9 cm³/mol. The SMILES string of the molecule is O=C(O)CCCN1CCCNC(=O)C1. The molecule has 0 aromatic heterocycles. The molecule has 0 unspecified atom stereocenters. The monoisotopic (exact) mass is 200 g/mol. The van der Waals surface area contributed by atoms with Crippen molar-refractivity contribution < 1.29 is 14.7 Å². The van der Waals surface area contributed by atoms with Gasteiger partial charge in [0.2, 0.25) is 5.91 Å². The largest absolute Gasteiger partial charge is 0.481 e. The zero-order valence-corrected chi connectivity index (χ0v) is 8.16. The van der Waals surface area contributed by atoms with Gasteiger partial charge in [-0.2, -0.15) is 0 Å². The Bertz CT molecular complexity index is 218. The lowest BCUT2D eigenvalue weighted by molar-refractivity contribution is -0.137. The van der Waals surface area contributed by atoms with Crippen LogP contribution in [0.15, 0.2) is 0 Å². The van der Waals surface area contributed by atoms with Crippen LogP contribution in [-0.2, 0) is 9.59 Å². The molecular weight excluding hydrogens is 184 g/mol. The topological polar surface area (TPSA) is 69.6 Å². The summed E-state index contributed by atoms with van der Waals surface area (Å²) >= 11 is 0. The van der Waals surface area contributed by atoms with Crippen LogP contribution < -0.4 is 5.32 Å². The first-order valence-corrected chi connectivity index (χ1v) is 4.89. The number of amides is 1. The highest BCUT2D eigenvalue weighted by atomic mass is 16.4. The summed E-state index contributed by atoms with van der Waals surface area (Å²) in [6.07, 6.45) is 1.74. The summed E-state index contributed by atoms with van der Waals surface area (Å²) in [5.41, 5.74) is 0. The second kappa shape index (κ2) is 5.59. The second-order valence-electron chi connectivity index (χ2n) is 3.48. The fraction of sp³-hybridized carbons (Fsp3) is 0.778. The van der Waals surface area contributed by atoms with Gasteiger partial charge in [0.1, 0.15) is 0 Å². The van der Waals surface area contributed by atoms with Crippen molar-refractivity contribution in [2.45, 2.75) is 19.3 Å². The Hall–Kier alpha value is -1.10. The molecule has 2 N–H and O–H groups in total. The number of carbonyl (C=O) groups is 2. The van der Waals surface area contributed by atoms with Gasteiger partial charge in [0.15, 0.2) is 0 Å². The van der Waals surface area contributed by atoms with Gasteiger partial charge in [-0.15, -0.1) is 0 Å². The van der Waals surface area contributed by atoms with Crippen molar-refractivity contribution in [3.8, 4) is 0 Å². The zero-order valence-electron chi connectivity index (χ0n) is 8.16. The minimum absolute atomic E-state index is 0.0397. The zero-order chi connectivity index (χ0) is 10.4. The highest BCUT2D eigenvalue weighted by molar-refractivity contribution is 5.78.